The molecule has 10 nitrogen and oxygen atoms in total. The maximum atomic E-state index is 12.0. The van der Waals surface area contributed by atoms with Crippen LogP contribution in [0.4, 0.5) is 17.5 Å². The lowest BCUT2D eigenvalue weighted by atomic mass is 9.88. The van der Waals surface area contributed by atoms with Crippen LogP contribution in [0.5, 0.6) is 0 Å². The van der Waals surface area contributed by atoms with Crippen molar-refractivity contribution in [3.8, 4) is 0 Å². The fourth-order valence-corrected chi connectivity index (χ4v) is 5.42. The van der Waals surface area contributed by atoms with Gasteiger partial charge >= 0.3 is 0 Å². The Morgan fingerprint density at radius 3 is 2.67 bits per heavy atom. The third kappa shape index (κ3) is 4.27. The van der Waals surface area contributed by atoms with Crippen LogP contribution < -0.4 is 16.4 Å². The topological polar surface area (TPSA) is 131 Å². The zero-order valence-electron chi connectivity index (χ0n) is 18.3. The number of carbonyl (C=O) groups is 2. The fourth-order valence-electron chi connectivity index (χ4n) is 5.27. The Hall–Kier alpha value is -3.14. The molecule has 4 atom stereocenters. The molecule has 0 aromatic carbocycles. The fraction of sp³-hybridized carbons (Fsp3) is 0.500. The van der Waals surface area contributed by atoms with Gasteiger partial charge in [0.05, 0.1) is 30.0 Å². The van der Waals surface area contributed by atoms with Crippen LogP contribution in [0.25, 0.3) is 0 Å². The average Bonchev–Trinajstić information content (AvgIpc) is 3.52. The number of rotatable bonds is 6. The number of hydrogen-bond acceptors (Lipinski definition) is 7. The number of piperidine rings is 1. The van der Waals surface area contributed by atoms with Gasteiger partial charge in [-0.25, -0.2) is 4.98 Å². The number of aromatic nitrogens is 4. The van der Waals surface area contributed by atoms with Gasteiger partial charge in [-0.15, -0.1) is 0 Å². The first kappa shape index (κ1) is 21.7. The van der Waals surface area contributed by atoms with Crippen molar-refractivity contribution in [1.29, 1.82) is 0 Å². The molecule has 2 amide bonds. The molecular weight excluding hydrogens is 444 g/mol. The van der Waals surface area contributed by atoms with Crippen molar-refractivity contribution in [3.63, 3.8) is 0 Å². The number of allylic oxidation sites excluding steroid dienone is 1. The second-order valence-corrected chi connectivity index (χ2v) is 9.42. The van der Waals surface area contributed by atoms with E-state index in [0.717, 1.165) is 38.0 Å². The van der Waals surface area contributed by atoms with Gasteiger partial charge in [-0.05, 0) is 31.1 Å². The summed E-state index contributed by atoms with van der Waals surface area (Å²) in [4.78, 5) is 34.2. The molecule has 2 aromatic rings. The largest absolute Gasteiger partial charge is 0.369 e. The quantitative estimate of drug-likeness (QED) is 0.552. The minimum atomic E-state index is -0.311. The molecule has 0 spiro atoms. The van der Waals surface area contributed by atoms with Crippen LogP contribution in [0.1, 0.15) is 32.2 Å². The van der Waals surface area contributed by atoms with Crippen molar-refractivity contribution in [2.75, 3.05) is 23.7 Å². The van der Waals surface area contributed by atoms with E-state index in [9.17, 15) is 9.59 Å². The Balaban J connectivity index is 1.26. The first-order valence-corrected chi connectivity index (χ1v) is 11.6. The Bertz CT molecular complexity index is 1090. The van der Waals surface area contributed by atoms with E-state index in [1.807, 2.05) is 15.8 Å². The van der Waals surface area contributed by atoms with Gasteiger partial charge in [-0.2, -0.15) is 10.1 Å². The molecule has 2 aliphatic carbocycles. The standard InChI is InChI=1S/C22H27ClN8O2/c1-12(32)30-6-4-16(5-7-30)31-11-15(9-26-31)27-22-25-10-17(23)21(29-22)28-19-14-3-2-13(8-14)18(19)20(24)33/h2-3,9-11,13-14,16,18-19H,4-8H2,1H3,(H2,24,33)(H2,25,27,28,29)/t13-,14+,18+,19-/m1/s1. The zero-order valence-corrected chi connectivity index (χ0v) is 19.1. The van der Waals surface area contributed by atoms with Gasteiger partial charge in [0, 0.05) is 32.3 Å². The van der Waals surface area contributed by atoms with E-state index in [2.05, 4.69) is 37.9 Å². The summed E-state index contributed by atoms with van der Waals surface area (Å²) in [7, 11) is 0. The summed E-state index contributed by atoms with van der Waals surface area (Å²) in [5.41, 5.74) is 6.42. The van der Waals surface area contributed by atoms with E-state index in [1.165, 1.54) is 6.20 Å². The predicted molar refractivity (Wildman–Crippen MR) is 124 cm³/mol. The van der Waals surface area contributed by atoms with E-state index in [4.69, 9.17) is 17.3 Å². The highest BCUT2D eigenvalue weighted by molar-refractivity contribution is 6.32. The number of likely N-dealkylation sites (tertiary alicyclic amines) is 1. The maximum Gasteiger partial charge on any atom is 0.229 e. The molecule has 4 N–H and O–H groups in total. The van der Waals surface area contributed by atoms with Crippen molar-refractivity contribution in [2.24, 2.45) is 23.5 Å². The van der Waals surface area contributed by atoms with E-state index >= 15 is 0 Å². The second-order valence-electron chi connectivity index (χ2n) is 9.01. The van der Waals surface area contributed by atoms with E-state index in [0.29, 0.717) is 16.8 Å². The number of nitrogens with zero attached hydrogens (tertiary/aromatic N) is 5. The highest BCUT2D eigenvalue weighted by Crippen LogP contribution is 2.45. The Labute approximate surface area is 196 Å². The predicted octanol–water partition coefficient (Wildman–Crippen LogP) is 2.34. The van der Waals surface area contributed by atoms with Gasteiger partial charge in [0.15, 0.2) is 5.82 Å². The first-order chi connectivity index (χ1) is 15.9. The zero-order chi connectivity index (χ0) is 23.1. The lowest BCUT2D eigenvalue weighted by Gasteiger charge is -2.31. The van der Waals surface area contributed by atoms with Crippen LogP contribution >= 0.6 is 11.6 Å². The number of nitrogens with two attached hydrogens (primary N) is 1. The minimum absolute atomic E-state index is 0.115. The van der Waals surface area contributed by atoms with Crippen LogP contribution in [-0.4, -0.2) is 55.6 Å². The Morgan fingerprint density at radius 1 is 1.18 bits per heavy atom. The summed E-state index contributed by atoms with van der Waals surface area (Å²) in [6.07, 6.45) is 12.0. The SMILES string of the molecule is CC(=O)N1CCC(n2cc(Nc3ncc(Cl)c(N[C@H]4[C@@H](C(N)=O)[C@@H]5C=C[C@H]4C5)n3)cn2)CC1. The van der Waals surface area contributed by atoms with Crippen molar-refractivity contribution in [1.82, 2.24) is 24.6 Å². The molecule has 1 saturated heterocycles. The molecule has 0 radical (unpaired) electrons. The van der Waals surface area contributed by atoms with Crippen LogP contribution in [-0.2, 0) is 9.59 Å². The van der Waals surface area contributed by atoms with Gasteiger partial charge in [0.25, 0.3) is 0 Å². The summed E-state index contributed by atoms with van der Waals surface area (Å²) in [6.45, 7) is 3.08. The van der Waals surface area contributed by atoms with Crippen LogP contribution in [0.3, 0.4) is 0 Å². The number of hydrogen-bond donors (Lipinski definition) is 3. The maximum absolute atomic E-state index is 12.0. The number of amides is 2. The molecule has 1 saturated carbocycles. The Morgan fingerprint density at radius 2 is 1.94 bits per heavy atom. The normalized spacial score (nSPS) is 26.5. The highest BCUT2D eigenvalue weighted by atomic mass is 35.5. The second kappa shape index (κ2) is 8.66. The molecule has 0 unspecified atom stereocenters. The molecule has 2 fully saturated rings. The lowest BCUT2D eigenvalue weighted by molar-refractivity contribution is -0.130. The van der Waals surface area contributed by atoms with Gasteiger partial charge in [-0.3, -0.25) is 14.3 Å². The molecule has 33 heavy (non-hydrogen) atoms. The van der Waals surface area contributed by atoms with Crippen LogP contribution in [0.15, 0.2) is 30.7 Å². The number of primary amides is 1. The number of nitrogens with one attached hydrogen (secondary N) is 2. The van der Waals surface area contributed by atoms with Gasteiger partial charge in [0.2, 0.25) is 17.8 Å². The molecule has 3 heterocycles. The first-order valence-electron chi connectivity index (χ1n) is 11.2. The molecule has 11 heteroatoms. The van der Waals surface area contributed by atoms with E-state index in [1.54, 1.807) is 13.1 Å². The molecular formula is C22H27ClN8O2. The van der Waals surface area contributed by atoms with Crippen molar-refractivity contribution < 1.29 is 9.59 Å². The smallest absolute Gasteiger partial charge is 0.229 e. The number of halogens is 1. The summed E-state index contributed by atoms with van der Waals surface area (Å²) in [5.74, 6) is 0.755. The monoisotopic (exact) mass is 470 g/mol. The third-order valence-corrected chi connectivity index (χ3v) is 7.25. The van der Waals surface area contributed by atoms with Gasteiger partial charge in [-0.1, -0.05) is 23.8 Å². The lowest BCUT2D eigenvalue weighted by Crippen LogP contribution is -2.41. The summed E-state index contributed by atoms with van der Waals surface area (Å²) in [6, 6.07) is 0.109. The van der Waals surface area contributed by atoms with Crippen molar-refractivity contribution in [2.45, 2.75) is 38.3 Å². The van der Waals surface area contributed by atoms with E-state index in [-0.39, 0.29) is 41.7 Å². The summed E-state index contributed by atoms with van der Waals surface area (Å²) in [5, 5.41) is 11.4. The van der Waals surface area contributed by atoms with Crippen LogP contribution in [0, 0.1) is 17.8 Å². The molecule has 174 valence electrons. The van der Waals surface area contributed by atoms with Crippen molar-refractivity contribution in [3.05, 3.63) is 35.8 Å². The highest BCUT2D eigenvalue weighted by Gasteiger charge is 2.47. The number of carbonyl (C=O) groups excluding carboxylic acids is 2. The van der Waals surface area contributed by atoms with Crippen LogP contribution in [0.2, 0.25) is 5.02 Å². The number of fused-ring (bicyclic) bond motifs is 2. The van der Waals surface area contributed by atoms with E-state index < -0.39 is 0 Å². The minimum Gasteiger partial charge on any atom is -0.369 e. The van der Waals surface area contributed by atoms with Gasteiger partial charge in [0.1, 0.15) is 5.02 Å². The third-order valence-electron chi connectivity index (χ3n) is 6.98. The number of anilines is 3. The molecule has 1 aliphatic heterocycles. The molecule has 2 aromatic heterocycles. The van der Waals surface area contributed by atoms with Gasteiger partial charge < -0.3 is 21.3 Å². The summed E-state index contributed by atoms with van der Waals surface area (Å²) >= 11 is 6.35. The molecule has 2 bridgehead atoms. The summed E-state index contributed by atoms with van der Waals surface area (Å²) < 4.78 is 1.92. The van der Waals surface area contributed by atoms with Crippen molar-refractivity contribution >= 4 is 40.9 Å². The average molecular weight is 471 g/mol. The molecule has 5 rings (SSSR count). The molecule has 3 aliphatic rings. The Kier molecular flexibility index (Phi) is 5.69.